The Hall–Kier alpha value is -1.16. The van der Waals surface area contributed by atoms with Gasteiger partial charge in [-0.25, -0.2) is 4.98 Å². The molecule has 1 saturated carbocycles. The summed E-state index contributed by atoms with van der Waals surface area (Å²) in [6.45, 7) is 3.58. The van der Waals surface area contributed by atoms with E-state index in [-0.39, 0.29) is 0 Å². The molecule has 19 heavy (non-hydrogen) atoms. The second kappa shape index (κ2) is 5.87. The molecule has 0 radical (unpaired) electrons. The van der Waals surface area contributed by atoms with Crippen molar-refractivity contribution in [2.24, 2.45) is 0 Å². The van der Waals surface area contributed by atoms with E-state index >= 15 is 0 Å². The Morgan fingerprint density at radius 2 is 1.84 bits per heavy atom. The number of nitrogens with zero attached hydrogens (tertiary/aromatic N) is 3. The number of hydrogen-bond donors (Lipinski definition) is 1. The maximum absolute atomic E-state index is 4.32. The van der Waals surface area contributed by atoms with E-state index in [2.05, 4.69) is 20.2 Å². The highest BCUT2D eigenvalue weighted by Crippen LogP contribution is 2.37. The number of piperidine rings is 1. The van der Waals surface area contributed by atoms with Crippen molar-refractivity contribution < 1.29 is 0 Å². The average Bonchev–Trinajstić information content (AvgIpc) is 2.97. The summed E-state index contributed by atoms with van der Waals surface area (Å²) in [6, 6.07) is 0. The molecule has 0 spiro atoms. The Bertz CT molecular complexity index is 380. The Morgan fingerprint density at radius 3 is 2.53 bits per heavy atom. The molecule has 0 unspecified atom stereocenters. The molecule has 1 aromatic rings. The summed E-state index contributed by atoms with van der Waals surface area (Å²) in [5.74, 6) is 0.908. The van der Waals surface area contributed by atoms with Gasteiger partial charge in [0.15, 0.2) is 0 Å². The molecule has 1 aromatic heterocycles. The molecule has 1 N–H and O–H groups in total. The van der Waals surface area contributed by atoms with Crippen LogP contribution in [0, 0.1) is 0 Å². The molecule has 4 heteroatoms. The fourth-order valence-corrected chi connectivity index (χ4v) is 3.65. The normalized spacial score (nSPS) is 23.4. The fraction of sp³-hybridized carbons (Fsp3) is 0.733. The van der Waals surface area contributed by atoms with Crippen LogP contribution in [0.25, 0.3) is 0 Å². The van der Waals surface area contributed by atoms with E-state index in [0.717, 1.165) is 12.4 Å². The molecule has 2 heterocycles. The summed E-state index contributed by atoms with van der Waals surface area (Å²) in [5, 5.41) is 3.51. The van der Waals surface area contributed by atoms with Crippen LogP contribution in [0.5, 0.6) is 0 Å². The smallest absolute Gasteiger partial charge is 0.144 e. The maximum atomic E-state index is 4.32. The first-order chi connectivity index (χ1) is 9.39. The van der Waals surface area contributed by atoms with Crippen molar-refractivity contribution in [2.75, 3.05) is 25.0 Å². The number of hydrogen-bond acceptors (Lipinski definition) is 4. The van der Waals surface area contributed by atoms with Crippen LogP contribution in [-0.2, 0) is 0 Å². The standard InChI is InChI=1S/C15H24N4/c1-4-10-19(11-5-1)15(6-2-3-7-15)13-18-14-12-16-8-9-17-14/h8-9,12H,1-7,10-11,13H2,(H,17,18). The van der Waals surface area contributed by atoms with E-state index in [4.69, 9.17) is 0 Å². The first kappa shape index (κ1) is 12.9. The zero-order valence-electron chi connectivity index (χ0n) is 11.6. The minimum absolute atomic E-state index is 0.373. The van der Waals surface area contributed by atoms with Crippen LogP contribution in [0.4, 0.5) is 5.82 Å². The van der Waals surface area contributed by atoms with Gasteiger partial charge in [0.25, 0.3) is 0 Å². The van der Waals surface area contributed by atoms with Gasteiger partial charge in [-0.2, -0.15) is 0 Å². The Kier molecular flexibility index (Phi) is 3.97. The van der Waals surface area contributed by atoms with Crippen molar-refractivity contribution in [3.05, 3.63) is 18.6 Å². The predicted octanol–water partition coefficient (Wildman–Crippen LogP) is 2.69. The number of anilines is 1. The van der Waals surface area contributed by atoms with Gasteiger partial charge in [-0.05, 0) is 38.8 Å². The van der Waals surface area contributed by atoms with Crippen molar-refractivity contribution in [2.45, 2.75) is 50.5 Å². The van der Waals surface area contributed by atoms with Crippen molar-refractivity contribution in [3.63, 3.8) is 0 Å². The minimum atomic E-state index is 0.373. The van der Waals surface area contributed by atoms with Crippen LogP contribution >= 0.6 is 0 Å². The molecule has 0 amide bonds. The third-order valence-electron chi connectivity index (χ3n) is 4.72. The van der Waals surface area contributed by atoms with Gasteiger partial charge < -0.3 is 5.32 Å². The molecule has 3 rings (SSSR count). The second-order valence-corrected chi connectivity index (χ2v) is 5.92. The van der Waals surface area contributed by atoms with E-state index < -0.39 is 0 Å². The molecule has 0 bridgehead atoms. The van der Waals surface area contributed by atoms with Gasteiger partial charge in [-0.3, -0.25) is 9.88 Å². The van der Waals surface area contributed by atoms with Gasteiger partial charge in [-0.15, -0.1) is 0 Å². The summed E-state index contributed by atoms with van der Waals surface area (Å²) in [7, 11) is 0. The third-order valence-corrected chi connectivity index (χ3v) is 4.72. The van der Waals surface area contributed by atoms with E-state index in [0.29, 0.717) is 5.54 Å². The van der Waals surface area contributed by atoms with Crippen molar-refractivity contribution in [1.29, 1.82) is 0 Å². The van der Waals surface area contributed by atoms with Crippen molar-refractivity contribution in [3.8, 4) is 0 Å². The van der Waals surface area contributed by atoms with Gasteiger partial charge >= 0.3 is 0 Å². The molecular weight excluding hydrogens is 236 g/mol. The largest absolute Gasteiger partial charge is 0.367 e. The van der Waals surface area contributed by atoms with Crippen molar-refractivity contribution in [1.82, 2.24) is 14.9 Å². The molecule has 1 saturated heterocycles. The molecule has 1 aliphatic carbocycles. The van der Waals surface area contributed by atoms with Crippen molar-refractivity contribution >= 4 is 5.82 Å². The molecule has 104 valence electrons. The van der Waals surface area contributed by atoms with Crippen LogP contribution in [-0.4, -0.2) is 40.0 Å². The maximum Gasteiger partial charge on any atom is 0.144 e. The monoisotopic (exact) mass is 260 g/mol. The van der Waals surface area contributed by atoms with Crippen LogP contribution in [0.1, 0.15) is 44.9 Å². The highest BCUT2D eigenvalue weighted by atomic mass is 15.2. The summed E-state index contributed by atoms with van der Waals surface area (Å²) in [6.07, 6.45) is 14.9. The summed E-state index contributed by atoms with van der Waals surface area (Å²) in [5.41, 5.74) is 0.373. The first-order valence-corrected chi connectivity index (χ1v) is 7.64. The fourth-order valence-electron chi connectivity index (χ4n) is 3.65. The molecule has 0 atom stereocenters. The van der Waals surface area contributed by atoms with Crippen LogP contribution in [0.15, 0.2) is 18.6 Å². The lowest BCUT2D eigenvalue weighted by molar-refractivity contribution is 0.0808. The Labute approximate surface area is 115 Å². The summed E-state index contributed by atoms with van der Waals surface area (Å²) in [4.78, 5) is 11.2. The number of likely N-dealkylation sites (tertiary alicyclic amines) is 1. The predicted molar refractivity (Wildman–Crippen MR) is 77.1 cm³/mol. The van der Waals surface area contributed by atoms with Gasteiger partial charge in [-0.1, -0.05) is 19.3 Å². The zero-order chi connectivity index (χ0) is 13.0. The molecule has 2 fully saturated rings. The third kappa shape index (κ3) is 2.89. The SMILES string of the molecule is c1cnc(NCC2(N3CCCCC3)CCCC2)cn1. The Balaban J connectivity index is 1.66. The van der Waals surface area contributed by atoms with E-state index in [9.17, 15) is 0 Å². The Morgan fingerprint density at radius 1 is 1.05 bits per heavy atom. The van der Waals surface area contributed by atoms with E-state index in [1.807, 2.05) is 6.20 Å². The zero-order valence-corrected chi connectivity index (χ0v) is 11.6. The van der Waals surface area contributed by atoms with Gasteiger partial charge in [0, 0.05) is 24.5 Å². The first-order valence-electron chi connectivity index (χ1n) is 7.64. The number of nitrogens with one attached hydrogen (secondary N) is 1. The molecular formula is C15H24N4. The van der Waals surface area contributed by atoms with Crippen LogP contribution < -0.4 is 5.32 Å². The van der Waals surface area contributed by atoms with Gasteiger partial charge in [0.05, 0.1) is 6.20 Å². The van der Waals surface area contributed by atoms with Gasteiger partial charge in [0.1, 0.15) is 5.82 Å². The summed E-state index contributed by atoms with van der Waals surface area (Å²) < 4.78 is 0. The number of aromatic nitrogens is 2. The molecule has 2 aliphatic rings. The lowest BCUT2D eigenvalue weighted by Crippen LogP contribution is -2.53. The lowest BCUT2D eigenvalue weighted by Gasteiger charge is -2.43. The highest BCUT2D eigenvalue weighted by molar-refractivity contribution is 5.31. The average molecular weight is 260 g/mol. The van der Waals surface area contributed by atoms with Gasteiger partial charge in [0.2, 0.25) is 0 Å². The minimum Gasteiger partial charge on any atom is -0.367 e. The van der Waals surface area contributed by atoms with Crippen LogP contribution in [0.2, 0.25) is 0 Å². The molecule has 0 aromatic carbocycles. The topological polar surface area (TPSA) is 41.1 Å². The number of rotatable bonds is 4. The lowest BCUT2D eigenvalue weighted by atomic mass is 9.92. The highest BCUT2D eigenvalue weighted by Gasteiger charge is 2.39. The molecule has 1 aliphatic heterocycles. The van der Waals surface area contributed by atoms with Crippen LogP contribution in [0.3, 0.4) is 0 Å². The second-order valence-electron chi connectivity index (χ2n) is 5.92. The molecule has 4 nitrogen and oxygen atoms in total. The summed E-state index contributed by atoms with van der Waals surface area (Å²) >= 11 is 0. The quantitative estimate of drug-likeness (QED) is 0.903. The van der Waals surface area contributed by atoms with E-state index in [1.165, 1.54) is 58.0 Å². The van der Waals surface area contributed by atoms with E-state index in [1.54, 1.807) is 12.4 Å².